The summed E-state index contributed by atoms with van der Waals surface area (Å²) in [7, 11) is 0. The van der Waals surface area contributed by atoms with Crippen LogP contribution in [0.25, 0.3) is 0 Å². The molecule has 2 unspecified atom stereocenters. The highest BCUT2D eigenvalue weighted by Gasteiger charge is 2.28. The highest BCUT2D eigenvalue weighted by Crippen LogP contribution is 2.33. The molecule has 0 bridgehead atoms. The Bertz CT molecular complexity index is 962. The van der Waals surface area contributed by atoms with Crippen molar-refractivity contribution < 1.29 is 14.3 Å². The van der Waals surface area contributed by atoms with Crippen LogP contribution in [0.4, 0.5) is 5.69 Å². The average Bonchev–Trinajstić information content (AvgIpc) is 3.39. The third-order valence-electron chi connectivity index (χ3n) is 6.49. The van der Waals surface area contributed by atoms with Gasteiger partial charge in [-0.05, 0) is 80.7 Å². The first kappa shape index (κ1) is 22.0. The number of nitrogens with zero attached hydrogens (tertiary/aromatic N) is 1. The first-order chi connectivity index (χ1) is 14.9. The van der Waals surface area contributed by atoms with Crippen LogP contribution in [-0.2, 0) is 22.4 Å². The molecule has 5 nitrogen and oxygen atoms in total. The molecule has 1 aliphatic carbocycles. The zero-order valence-electron chi connectivity index (χ0n) is 18.7. The second-order valence-corrected chi connectivity index (χ2v) is 10.2. The minimum absolute atomic E-state index is 0.00654. The molecule has 31 heavy (non-hydrogen) atoms. The number of nitrogens with one attached hydrogen (secondary N) is 1. The van der Waals surface area contributed by atoms with Gasteiger partial charge in [-0.3, -0.25) is 9.59 Å². The molecule has 2 aromatic rings. The second-order valence-electron chi connectivity index (χ2n) is 9.02. The maximum atomic E-state index is 13.4. The molecule has 1 N–H and O–H groups in total. The van der Waals surface area contributed by atoms with Crippen LogP contribution in [0.2, 0.25) is 0 Å². The summed E-state index contributed by atoms with van der Waals surface area (Å²) < 4.78 is 5.78. The van der Waals surface area contributed by atoms with E-state index in [2.05, 4.69) is 18.3 Å². The van der Waals surface area contributed by atoms with Crippen LogP contribution in [0.15, 0.2) is 24.3 Å². The Morgan fingerprint density at radius 1 is 1.26 bits per heavy atom. The van der Waals surface area contributed by atoms with E-state index in [4.69, 9.17) is 4.74 Å². The molecule has 0 spiro atoms. The number of aryl methyl sites for hydroxylation is 2. The van der Waals surface area contributed by atoms with E-state index in [1.165, 1.54) is 16.9 Å². The molecule has 1 fully saturated rings. The molecule has 2 aliphatic rings. The Labute approximate surface area is 188 Å². The van der Waals surface area contributed by atoms with E-state index in [1.54, 1.807) is 16.2 Å². The summed E-state index contributed by atoms with van der Waals surface area (Å²) in [6, 6.07) is 7.92. The number of thiophene rings is 1. The molecule has 4 rings (SSSR count). The van der Waals surface area contributed by atoms with Gasteiger partial charge in [0.15, 0.2) is 0 Å². The number of amides is 2. The van der Waals surface area contributed by atoms with Crippen LogP contribution < -0.4 is 5.32 Å². The number of hydrogen-bond acceptors (Lipinski definition) is 4. The van der Waals surface area contributed by atoms with Crippen molar-refractivity contribution in [3.63, 3.8) is 0 Å². The van der Waals surface area contributed by atoms with Gasteiger partial charge in [0.05, 0.1) is 11.0 Å². The fourth-order valence-corrected chi connectivity index (χ4v) is 5.65. The molecular weight excluding hydrogens is 408 g/mol. The molecule has 0 saturated carbocycles. The number of hydrogen-bond donors (Lipinski definition) is 1. The van der Waals surface area contributed by atoms with Gasteiger partial charge in [0.2, 0.25) is 5.91 Å². The lowest BCUT2D eigenvalue weighted by molar-refractivity contribution is -0.117. The Kier molecular flexibility index (Phi) is 6.77. The summed E-state index contributed by atoms with van der Waals surface area (Å²) in [5.41, 5.74) is 4.29. The molecular formula is C25H32N2O3S. The van der Waals surface area contributed by atoms with Crippen molar-refractivity contribution in [2.24, 2.45) is 5.92 Å². The number of anilines is 1. The van der Waals surface area contributed by atoms with Gasteiger partial charge in [-0.25, -0.2) is 0 Å². The summed E-state index contributed by atoms with van der Waals surface area (Å²) in [5.74, 6) is 0.435. The van der Waals surface area contributed by atoms with E-state index in [-0.39, 0.29) is 24.5 Å². The smallest absolute Gasteiger partial charge is 0.264 e. The molecule has 1 aromatic heterocycles. The number of benzene rings is 1. The summed E-state index contributed by atoms with van der Waals surface area (Å²) in [5, 5.41) is 3.00. The Hall–Kier alpha value is -2.18. The summed E-state index contributed by atoms with van der Waals surface area (Å²) >= 11 is 1.60. The lowest BCUT2D eigenvalue weighted by atomic mass is 9.90. The van der Waals surface area contributed by atoms with Crippen molar-refractivity contribution in [2.75, 3.05) is 25.0 Å². The van der Waals surface area contributed by atoms with E-state index in [1.807, 2.05) is 32.0 Å². The molecule has 166 valence electrons. The fourth-order valence-electron chi connectivity index (χ4n) is 4.47. The molecule has 2 heterocycles. The van der Waals surface area contributed by atoms with E-state index in [0.29, 0.717) is 12.5 Å². The van der Waals surface area contributed by atoms with Crippen LogP contribution in [0.1, 0.15) is 57.4 Å². The van der Waals surface area contributed by atoms with Gasteiger partial charge < -0.3 is 15.0 Å². The van der Waals surface area contributed by atoms with Crippen molar-refractivity contribution in [1.29, 1.82) is 0 Å². The zero-order valence-corrected chi connectivity index (χ0v) is 19.5. The number of carbonyl (C=O) groups excluding carboxylic acids is 2. The topological polar surface area (TPSA) is 58.6 Å². The van der Waals surface area contributed by atoms with E-state index >= 15 is 0 Å². The fraction of sp³-hybridized carbons (Fsp3) is 0.520. The second kappa shape index (κ2) is 9.53. The van der Waals surface area contributed by atoms with Crippen molar-refractivity contribution >= 4 is 28.8 Å². The molecule has 1 aliphatic heterocycles. The van der Waals surface area contributed by atoms with Gasteiger partial charge in [0, 0.05) is 23.7 Å². The SMILES string of the molecule is Cc1cccc(NC(=O)CN(CC2CCCO2)C(=O)c2cc3c(s2)CCC(C)C3)c1C. The molecule has 1 aromatic carbocycles. The number of carbonyl (C=O) groups is 2. The lowest BCUT2D eigenvalue weighted by Crippen LogP contribution is -2.42. The van der Waals surface area contributed by atoms with Gasteiger partial charge in [-0.15, -0.1) is 11.3 Å². The molecule has 2 atom stereocenters. The van der Waals surface area contributed by atoms with E-state index in [9.17, 15) is 9.59 Å². The normalized spacial score (nSPS) is 20.4. The molecule has 0 radical (unpaired) electrons. The minimum Gasteiger partial charge on any atom is -0.376 e. The first-order valence-electron chi connectivity index (χ1n) is 11.3. The number of rotatable bonds is 6. The van der Waals surface area contributed by atoms with Crippen LogP contribution in [0.3, 0.4) is 0 Å². The van der Waals surface area contributed by atoms with Crippen LogP contribution in [-0.4, -0.2) is 42.5 Å². The van der Waals surface area contributed by atoms with Gasteiger partial charge in [0.25, 0.3) is 5.91 Å². The number of ether oxygens (including phenoxy) is 1. The summed E-state index contributed by atoms with van der Waals surface area (Å²) in [4.78, 5) is 30.1. The summed E-state index contributed by atoms with van der Waals surface area (Å²) in [6.07, 6.45) is 5.21. The van der Waals surface area contributed by atoms with Gasteiger partial charge >= 0.3 is 0 Å². The summed E-state index contributed by atoms with van der Waals surface area (Å²) in [6.45, 7) is 7.51. The third-order valence-corrected chi connectivity index (χ3v) is 7.71. The monoisotopic (exact) mass is 440 g/mol. The zero-order chi connectivity index (χ0) is 22.0. The number of fused-ring (bicyclic) bond motifs is 1. The average molecular weight is 441 g/mol. The highest BCUT2D eigenvalue weighted by molar-refractivity contribution is 7.14. The quantitative estimate of drug-likeness (QED) is 0.705. The van der Waals surface area contributed by atoms with Crippen molar-refractivity contribution in [3.8, 4) is 0 Å². The Morgan fingerprint density at radius 3 is 2.87 bits per heavy atom. The third kappa shape index (κ3) is 5.18. The molecule has 6 heteroatoms. The van der Waals surface area contributed by atoms with E-state index in [0.717, 1.165) is 54.0 Å². The van der Waals surface area contributed by atoms with E-state index < -0.39 is 0 Å². The maximum Gasteiger partial charge on any atom is 0.264 e. The predicted octanol–water partition coefficient (Wildman–Crippen LogP) is 4.75. The Morgan fingerprint density at radius 2 is 2.10 bits per heavy atom. The highest BCUT2D eigenvalue weighted by atomic mass is 32.1. The van der Waals surface area contributed by atoms with Crippen molar-refractivity contribution in [2.45, 2.75) is 59.0 Å². The minimum atomic E-state index is -0.171. The Balaban J connectivity index is 1.50. The van der Waals surface area contributed by atoms with Crippen molar-refractivity contribution in [3.05, 3.63) is 50.7 Å². The van der Waals surface area contributed by atoms with Crippen LogP contribution in [0.5, 0.6) is 0 Å². The van der Waals surface area contributed by atoms with Crippen molar-refractivity contribution in [1.82, 2.24) is 4.90 Å². The van der Waals surface area contributed by atoms with Gasteiger partial charge in [0.1, 0.15) is 6.54 Å². The predicted molar refractivity (Wildman–Crippen MR) is 125 cm³/mol. The van der Waals surface area contributed by atoms with Crippen LogP contribution in [0, 0.1) is 19.8 Å². The standard InChI is InChI=1S/C25H32N2O3S/c1-16-9-10-22-19(12-16)13-23(31-22)25(29)27(14-20-7-5-11-30-20)15-24(28)26-21-8-4-6-17(2)18(21)3/h4,6,8,13,16,20H,5,7,9-12,14-15H2,1-3H3,(H,26,28). The van der Waals surface area contributed by atoms with Gasteiger partial charge in [-0.2, -0.15) is 0 Å². The lowest BCUT2D eigenvalue weighted by Gasteiger charge is -2.25. The largest absolute Gasteiger partial charge is 0.376 e. The maximum absolute atomic E-state index is 13.4. The van der Waals surface area contributed by atoms with Gasteiger partial charge in [-0.1, -0.05) is 19.1 Å². The molecule has 1 saturated heterocycles. The first-order valence-corrected chi connectivity index (χ1v) is 12.1. The molecule has 2 amide bonds. The van der Waals surface area contributed by atoms with Crippen LogP contribution >= 0.6 is 11.3 Å².